The molecule has 7 nitrogen and oxygen atoms in total. The second-order valence-corrected chi connectivity index (χ2v) is 9.35. The van der Waals surface area contributed by atoms with Crippen LogP contribution < -0.4 is 16.0 Å². The number of aliphatic imine (C=N–C) groups is 1. The molecule has 3 heterocycles. The van der Waals surface area contributed by atoms with E-state index in [0.717, 1.165) is 56.4 Å². The van der Waals surface area contributed by atoms with Gasteiger partial charge in [0.1, 0.15) is 5.82 Å². The lowest BCUT2D eigenvalue weighted by molar-refractivity contribution is -0.122. The Kier molecular flexibility index (Phi) is 7.98. The molecule has 2 saturated heterocycles. The summed E-state index contributed by atoms with van der Waals surface area (Å²) in [6, 6.07) is 4.06. The molecule has 2 aliphatic heterocycles. The van der Waals surface area contributed by atoms with Crippen LogP contribution in [0.5, 0.6) is 0 Å². The van der Waals surface area contributed by atoms with Gasteiger partial charge in [0.15, 0.2) is 5.96 Å². The highest BCUT2D eigenvalue weighted by Crippen LogP contribution is 2.46. The molecule has 0 aliphatic carbocycles. The van der Waals surface area contributed by atoms with Gasteiger partial charge in [0.2, 0.25) is 5.91 Å². The van der Waals surface area contributed by atoms with Gasteiger partial charge in [0, 0.05) is 54.8 Å². The number of primary amides is 1. The number of nitrogens with two attached hydrogens (primary N) is 1. The molecule has 0 radical (unpaired) electrons. The average molecular weight is 528 g/mol. The molecule has 0 aromatic carbocycles. The van der Waals surface area contributed by atoms with Gasteiger partial charge in [0.05, 0.1) is 6.54 Å². The molecule has 3 N–H and O–H groups in total. The van der Waals surface area contributed by atoms with Crippen LogP contribution in [0.1, 0.15) is 53.0 Å². The van der Waals surface area contributed by atoms with E-state index in [1.54, 1.807) is 0 Å². The van der Waals surface area contributed by atoms with Gasteiger partial charge in [-0.05, 0) is 39.7 Å². The normalized spacial score (nSPS) is 20.9. The van der Waals surface area contributed by atoms with Gasteiger partial charge in [0.25, 0.3) is 0 Å². The second kappa shape index (κ2) is 9.70. The number of carbonyl (C=O) groups excluding carboxylic acids is 1. The fourth-order valence-corrected chi connectivity index (χ4v) is 4.17. The molecule has 0 atom stereocenters. The van der Waals surface area contributed by atoms with Crippen LogP contribution in [-0.2, 0) is 11.3 Å². The third kappa shape index (κ3) is 4.84. The predicted molar refractivity (Wildman–Crippen MR) is 133 cm³/mol. The van der Waals surface area contributed by atoms with Crippen LogP contribution in [0.3, 0.4) is 0 Å². The molecule has 2 fully saturated rings. The number of aromatic nitrogens is 1. The first kappa shape index (κ1) is 24.7. The molecular formula is C22H37IN6O. The smallest absolute Gasteiger partial charge is 0.220 e. The Morgan fingerprint density at radius 3 is 2.50 bits per heavy atom. The minimum atomic E-state index is -0.189. The van der Waals surface area contributed by atoms with Crippen molar-refractivity contribution >= 4 is 41.7 Å². The highest BCUT2D eigenvalue weighted by atomic mass is 127. The Balaban J connectivity index is 0.00000320. The van der Waals surface area contributed by atoms with Crippen LogP contribution in [0.25, 0.3) is 0 Å². The number of hydrogen-bond donors (Lipinski definition) is 2. The minimum Gasteiger partial charge on any atom is -0.369 e. The highest BCUT2D eigenvalue weighted by Gasteiger charge is 2.53. The summed E-state index contributed by atoms with van der Waals surface area (Å²) in [6.07, 6.45) is 3.40. The van der Waals surface area contributed by atoms with Crippen molar-refractivity contribution in [1.82, 2.24) is 15.2 Å². The molecule has 1 amide bonds. The molecule has 30 heavy (non-hydrogen) atoms. The summed E-state index contributed by atoms with van der Waals surface area (Å²) in [5.74, 6) is 1.72. The van der Waals surface area contributed by atoms with Crippen LogP contribution in [0, 0.1) is 11.3 Å². The molecule has 0 unspecified atom stereocenters. The summed E-state index contributed by atoms with van der Waals surface area (Å²) in [7, 11) is 0. The molecule has 2 aliphatic rings. The second-order valence-electron chi connectivity index (χ2n) is 9.35. The fourth-order valence-electron chi connectivity index (χ4n) is 4.17. The number of pyridine rings is 1. The first-order valence-corrected chi connectivity index (χ1v) is 10.7. The number of likely N-dealkylation sites (tertiary alicyclic amines) is 1. The summed E-state index contributed by atoms with van der Waals surface area (Å²) >= 11 is 0. The Hall–Kier alpha value is -1.58. The van der Waals surface area contributed by atoms with E-state index in [-0.39, 0.29) is 46.8 Å². The van der Waals surface area contributed by atoms with Gasteiger partial charge in [-0.2, -0.15) is 0 Å². The van der Waals surface area contributed by atoms with Crippen molar-refractivity contribution in [3.63, 3.8) is 0 Å². The topological polar surface area (TPSA) is 86.9 Å². The van der Waals surface area contributed by atoms with Crippen LogP contribution >= 0.6 is 24.0 Å². The summed E-state index contributed by atoms with van der Waals surface area (Å²) in [5.41, 5.74) is 6.90. The number of rotatable bonds is 5. The van der Waals surface area contributed by atoms with Gasteiger partial charge in [-0.1, -0.05) is 19.9 Å². The molecule has 1 aromatic rings. The van der Waals surface area contributed by atoms with Gasteiger partial charge in [-0.15, -0.1) is 24.0 Å². The predicted octanol–water partition coefficient (Wildman–Crippen LogP) is 2.99. The Labute approximate surface area is 197 Å². The van der Waals surface area contributed by atoms with Gasteiger partial charge >= 0.3 is 0 Å². The van der Waals surface area contributed by atoms with E-state index in [0.29, 0.717) is 6.54 Å². The van der Waals surface area contributed by atoms with E-state index in [4.69, 9.17) is 10.7 Å². The van der Waals surface area contributed by atoms with Crippen LogP contribution in [-0.4, -0.2) is 53.5 Å². The van der Waals surface area contributed by atoms with Crippen molar-refractivity contribution in [1.29, 1.82) is 0 Å². The van der Waals surface area contributed by atoms with Crippen LogP contribution in [0.15, 0.2) is 23.3 Å². The van der Waals surface area contributed by atoms with E-state index in [1.165, 1.54) is 0 Å². The van der Waals surface area contributed by atoms with Crippen molar-refractivity contribution in [2.75, 3.05) is 31.1 Å². The van der Waals surface area contributed by atoms with E-state index < -0.39 is 0 Å². The first-order valence-electron chi connectivity index (χ1n) is 10.7. The third-order valence-corrected chi connectivity index (χ3v) is 6.94. The van der Waals surface area contributed by atoms with Crippen molar-refractivity contribution < 1.29 is 4.79 Å². The number of nitrogens with zero attached hydrogens (tertiary/aromatic N) is 4. The number of anilines is 1. The number of guanidine groups is 1. The molecule has 1 aromatic heterocycles. The van der Waals surface area contributed by atoms with Crippen LogP contribution in [0.4, 0.5) is 5.82 Å². The minimum absolute atomic E-state index is 0. The Bertz CT molecular complexity index is 771. The number of halogens is 1. The largest absolute Gasteiger partial charge is 0.369 e. The zero-order valence-corrected chi connectivity index (χ0v) is 21.3. The van der Waals surface area contributed by atoms with Crippen molar-refractivity contribution in [3.05, 3.63) is 23.9 Å². The lowest BCUT2D eigenvalue weighted by Crippen LogP contribution is -2.72. The Morgan fingerprint density at radius 2 is 1.97 bits per heavy atom. The lowest BCUT2D eigenvalue weighted by Gasteiger charge is -2.62. The number of hydrogen-bond acceptors (Lipinski definition) is 4. The molecule has 0 bridgehead atoms. The van der Waals surface area contributed by atoms with Crippen molar-refractivity contribution in [2.24, 2.45) is 22.1 Å². The zero-order chi connectivity index (χ0) is 21.2. The summed E-state index contributed by atoms with van der Waals surface area (Å²) in [5, 5.41) is 3.46. The summed E-state index contributed by atoms with van der Waals surface area (Å²) in [6.45, 7) is 15.3. The van der Waals surface area contributed by atoms with Crippen LogP contribution in [0.2, 0.25) is 0 Å². The third-order valence-electron chi connectivity index (χ3n) is 6.94. The zero-order valence-electron chi connectivity index (χ0n) is 18.9. The number of carbonyl (C=O) groups is 1. The van der Waals surface area contributed by atoms with Gasteiger partial charge in [-0.3, -0.25) is 4.79 Å². The fraction of sp³-hybridized carbons (Fsp3) is 0.682. The number of nitrogens with one attached hydrogen (secondary N) is 1. The SMILES string of the molecule is CCNC(=NCc1cccnc1N1CCC(C(N)=O)CC1)N1CC(C)(C)C1(C)C.I. The molecule has 168 valence electrons. The van der Waals surface area contributed by atoms with Crippen molar-refractivity contribution in [3.8, 4) is 0 Å². The van der Waals surface area contributed by atoms with E-state index >= 15 is 0 Å². The maximum absolute atomic E-state index is 11.5. The molecule has 8 heteroatoms. The molecule has 3 rings (SSSR count). The number of piperidine rings is 1. The Morgan fingerprint density at radius 1 is 1.30 bits per heavy atom. The maximum atomic E-state index is 11.5. The first-order chi connectivity index (χ1) is 13.7. The highest BCUT2D eigenvalue weighted by molar-refractivity contribution is 14.0. The standard InChI is InChI=1S/C22H36N6O.HI/c1-6-24-20(28-15-21(2,3)22(28,4)5)26-14-17-8-7-11-25-19(17)27-12-9-16(10-13-27)18(23)29;/h7-8,11,16H,6,9-10,12-15H2,1-5H3,(H2,23,29)(H,24,26);1H. The summed E-state index contributed by atoms with van der Waals surface area (Å²) < 4.78 is 0. The van der Waals surface area contributed by atoms with Crippen molar-refractivity contribution in [2.45, 2.75) is 59.5 Å². The van der Waals surface area contributed by atoms with E-state index in [1.807, 2.05) is 12.3 Å². The van der Waals surface area contributed by atoms with E-state index in [9.17, 15) is 4.79 Å². The monoisotopic (exact) mass is 528 g/mol. The molecular weight excluding hydrogens is 491 g/mol. The molecule has 0 saturated carbocycles. The van der Waals surface area contributed by atoms with Gasteiger partial charge in [-0.25, -0.2) is 9.98 Å². The van der Waals surface area contributed by atoms with Gasteiger partial charge < -0.3 is 20.9 Å². The average Bonchev–Trinajstić information content (AvgIpc) is 2.70. The lowest BCUT2D eigenvalue weighted by atomic mass is 9.65. The quantitative estimate of drug-likeness (QED) is 0.349. The maximum Gasteiger partial charge on any atom is 0.220 e. The summed E-state index contributed by atoms with van der Waals surface area (Å²) in [4.78, 5) is 25.7. The number of amides is 1. The molecule has 0 spiro atoms. The van der Waals surface area contributed by atoms with E-state index in [2.05, 4.69) is 60.8 Å².